The van der Waals surface area contributed by atoms with Gasteiger partial charge in [0.1, 0.15) is 21.6 Å². The first kappa shape index (κ1) is 48.8. The van der Waals surface area contributed by atoms with Crippen molar-refractivity contribution < 1.29 is 9.47 Å². The van der Waals surface area contributed by atoms with E-state index in [0.29, 0.717) is 0 Å². The number of hydrogen-bond donors (Lipinski definition) is 0. The fraction of sp³-hybridized carbons (Fsp3) is 0.219. The van der Waals surface area contributed by atoms with Crippen LogP contribution < -0.4 is 19.3 Å². The molecule has 4 aliphatic heterocycles. The number of ether oxygens (including phenoxy) is 2. The highest BCUT2D eigenvalue weighted by atomic mass is 35.5. The minimum absolute atomic E-state index is 0.259. The highest BCUT2D eigenvalue weighted by Gasteiger charge is 2.39. The maximum atomic E-state index is 7.03. The van der Waals surface area contributed by atoms with E-state index >= 15 is 0 Å². The maximum absolute atomic E-state index is 7.03. The molecule has 0 radical (unpaired) electrons. The van der Waals surface area contributed by atoms with Crippen molar-refractivity contribution in [3.63, 3.8) is 0 Å². The molecule has 2 fully saturated rings. The van der Waals surface area contributed by atoms with Crippen LogP contribution in [0.3, 0.4) is 0 Å². The Labute approximate surface area is 452 Å². The number of rotatable bonds is 9. The van der Waals surface area contributed by atoms with Crippen LogP contribution in [0.4, 0.5) is 11.4 Å². The molecule has 9 aromatic rings. The van der Waals surface area contributed by atoms with Gasteiger partial charge in [0.2, 0.25) is 5.28 Å². The number of aromatic nitrogens is 4. The minimum atomic E-state index is -0.729. The normalized spacial score (nSPS) is 18.9. The van der Waals surface area contributed by atoms with Crippen LogP contribution in [0.2, 0.25) is 5.28 Å². The molecule has 0 N–H and O–H groups in total. The third-order valence-electron chi connectivity index (χ3n) is 15.0. The molecule has 0 amide bonds. The molecule has 11 heteroatoms. The summed E-state index contributed by atoms with van der Waals surface area (Å²) in [4.78, 5) is 23.8. The van der Waals surface area contributed by atoms with Crippen LogP contribution in [-0.4, -0.2) is 58.6 Å². The summed E-state index contributed by atoms with van der Waals surface area (Å²) in [5.74, 6) is 2.39. The number of hydrogen-bond acceptors (Lipinski definition) is 10. The van der Waals surface area contributed by atoms with E-state index in [0.717, 1.165) is 114 Å². The summed E-state index contributed by atoms with van der Waals surface area (Å²) in [5, 5.41) is 4.06. The largest absolute Gasteiger partial charge is 0.473 e. The molecule has 2 atom stereocenters. The van der Waals surface area contributed by atoms with Crippen LogP contribution in [0.25, 0.3) is 45.3 Å². The van der Waals surface area contributed by atoms with Crippen LogP contribution in [-0.2, 0) is 11.2 Å². The summed E-state index contributed by atoms with van der Waals surface area (Å²) in [5.41, 5.74) is 10.3. The standard InChI is InChI=1S/C35H31N3OS.C29H26ClN3OS/c1-40-34-32-29-21-22-35(26-13-7-3-8-14-26,27-15-17-28(18-16-27)38-23-9-4-10-24-38)39-31(29)20-19-30(32)36-33(37-34)25-11-5-2-6-12-25;1-35-27-26-23-16-17-29(20-8-4-2-5-9-20,34-25(23)15-14-24(26)31-28(30)32-27)21-10-12-22(13-11-21)33-18-6-3-7-19-33/h2-3,5-8,11-22H,4,9-10,23-24H2,1H3;2,4-5,8-17H,3,6-7,18-19H2,1H3. The Hall–Kier alpha value is -7.11. The molecule has 0 spiro atoms. The van der Waals surface area contributed by atoms with E-state index in [4.69, 9.17) is 31.0 Å². The summed E-state index contributed by atoms with van der Waals surface area (Å²) in [6.45, 7) is 4.52. The van der Waals surface area contributed by atoms with Crippen molar-refractivity contribution in [1.82, 2.24) is 19.9 Å². The number of anilines is 2. The van der Waals surface area contributed by atoms with Crippen molar-refractivity contribution in [3.8, 4) is 22.9 Å². The Morgan fingerprint density at radius 3 is 1.31 bits per heavy atom. The topological polar surface area (TPSA) is 76.5 Å². The monoisotopic (exact) mass is 1040 g/mol. The molecule has 13 rings (SSSR count). The summed E-state index contributed by atoms with van der Waals surface area (Å²) < 4.78 is 14.0. The van der Waals surface area contributed by atoms with Gasteiger partial charge in [-0.2, -0.15) is 0 Å². The summed E-state index contributed by atoms with van der Waals surface area (Å²) in [6, 6.07) is 57.1. The summed E-state index contributed by atoms with van der Waals surface area (Å²) in [6.07, 6.45) is 20.5. The Kier molecular flexibility index (Phi) is 13.8. The predicted molar refractivity (Wildman–Crippen MR) is 312 cm³/mol. The number of fused-ring (bicyclic) bond motifs is 6. The van der Waals surface area contributed by atoms with Gasteiger partial charge in [0, 0.05) is 87.3 Å². The highest BCUT2D eigenvalue weighted by molar-refractivity contribution is 7.99. The van der Waals surface area contributed by atoms with E-state index < -0.39 is 11.2 Å². The average molecular weight is 1040 g/mol. The maximum Gasteiger partial charge on any atom is 0.224 e. The lowest BCUT2D eigenvalue weighted by atomic mass is 9.83. The number of benzene rings is 7. The van der Waals surface area contributed by atoms with Crippen LogP contribution in [0, 0.1) is 0 Å². The lowest BCUT2D eigenvalue weighted by Crippen LogP contribution is -2.34. The van der Waals surface area contributed by atoms with E-state index in [-0.39, 0.29) is 5.28 Å². The van der Waals surface area contributed by atoms with Gasteiger partial charge in [-0.15, -0.1) is 23.5 Å². The average Bonchev–Trinajstić information content (AvgIpc) is 3.52. The second kappa shape index (κ2) is 21.3. The van der Waals surface area contributed by atoms with Crippen LogP contribution >= 0.6 is 35.1 Å². The quantitative estimate of drug-likeness (QED) is 0.0792. The van der Waals surface area contributed by atoms with Crippen molar-refractivity contribution >= 4 is 80.5 Å². The number of halogens is 1. The minimum Gasteiger partial charge on any atom is -0.473 e. The highest BCUT2D eigenvalue weighted by Crippen LogP contribution is 2.48. The zero-order valence-corrected chi connectivity index (χ0v) is 44.6. The predicted octanol–water partition coefficient (Wildman–Crippen LogP) is 15.7. The van der Waals surface area contributed by atoms with E-state index in [2.05, 4.69) is 178 Å². The van der Waals surface area contributed by atoms with Crippen molar-refractivity contribution in [3.05, 3.63) is 215 Å². The first-order valence-corrected chi connectivity index (χ1v) is 28.8. The van der Waals surface area contributed by atoms with Gasteiger partial charge in [-0.3, -0.25) is 0 Å². The Balaban J connectivity index is 0.000000153. The SMILES string of the molecule is CSc1nc(-c2ccccc2)nc2ccc3c(c12)C=CC(c1ccccc1)(c1ccc(N2CCCCC2)cc1)O3.CSc1nc(Cl)nc2ccc3c(c12)C=CC(c1ccccc1)(c1ccc(N2CCCCC2)cc1)O3. The molecular weight excluding hydrogens is 984 g/mol. The Morgan fingerprint density at radius 1 is 0.440 bits per heavy atom. The van der Waals surface area contributed by atoms with Gasteiger partial charge in [-0.1, -0.05) is 115 Å². The number of nitrogens with zero attached hydrogens (tertiary/aromatic N) is 6. The third kappa shape index (κ3) is 9.42. The van der Waals surface area contributed by atoms with E-state index in [1.165, 1.54) is 49.9 Å². The Bertz CT molecular complexity index is 3550. The second-order valence-corrected chi connectivity index (χ2v) is 21.4. The first-order chi connectivity index (χ1) is 36.9. The molecule has 374 valence electrons. The number of piperidine rings is 2. The fourth-order valence-electron chi connectivity index (χ4n) is 11.2. The molecule has 6 heterocycles. The molecule has 75 heavy (non-hydrogen) atoms. The zero-order valence-electron chi connectivity index (χ0n) is 42.2. The van der Waals surface area contributed by atoms with Crippen molar-refractivity contribution in [2.75, 3.05) is 48.5 Å². The molecule has 2 unspecified atom stereocenters. The van der Waals surface area contributed by atoms with Crippen LogP contribution in [0.1, 0.15) is 71.9 Å². The first-order valence-electron chi connectivity index (χ1n) is 26.0. The van der Waals surface area contributed by atoms with Gasteiger partial charge in [0.25, 0.3) is 0 Å². The zero-order chi connectivity index (χ0) is 50.8. The van der Waals surface area contributed by atoms with Crippen molar-refractivity contribution in [2.45, 2.75) is 59.8 Å². The Morgan fingerprint density at radius 2 is 0.853 bits per heavy atom. The molecule has 0 aliphatic carbocycles. The second-order valence-electron chi connectivity index (χ2n) is 19.4. The molecule has 2 aromatic heterocycles. The summed E-state index contributed by atoms with van der Waals surface area (Å²) >= 11 is 9.38. The molecule has 0 bridgehead atoms. The molecule has 2 saturated heterocycles. The van der Waals surface area contributed by atoms with Gasteiger partial charge in [0.15, 0.2) is 17.0 Å². The van der Waals surface area contributed by atoms with Crippen molar-refractivity contribution in [2.24, 2.45) is 0 Å². The van der Waals surface area contributed by atoms with E-state index in [9.17, 15) is 0 Å². The summed E-state index contributed by atoms with van der Waals surface area (Å²) in [7, 11) is 0. The van der Waals surface area contributed by atoms with Crippen molar-refractivity contribution in [1.29, 1.82) is 0 Å². The van der Waals surface area contributed by atoms with Crippen LogP contribution in [0.5, 0.6) is 11.5 Å². The van der Waals surface area contributed by atoms with Gasteiger partial charge in [0.05, 0.1) is 11.0 Å². The van der Waals surface area contributed by atoms with Gasteiger partial charge >= 0.3 is 0 Å². The van der Waals surface area contributed by atoms with Gasteiger partial charge in [-0.25, -0.2) is 19.9 Å². The lowest BCUT2D eigenvalue weighted by molar-refractivity contribution is 0.161. The van der Waals surface area contributed by atoms with E-state index in [1.807, 2.05) is 42.7 Å². The van der Waals surface area contributed by atoms with Gasteiger partial charge < -0.3 is 19.3 Å². The molecule has 8 nitrogen and oxygen atoms in total. The fourth-order valence-corrected chi connectivity index (χ4v) is 12.6. The lowest BCUT2D eigenvalue weighted by Gasteiger charge is -2.37. The molecule has 4 aliphatic rings. The van der Waals surface area contributed by atoms with Gasteiger partial charge in [-0.05, 0) is 135 Å². The third-order valence-corrected chi connectivity index (χ3v) is 16.5. The molecule has 0 saturated carbocycles. The van der Waals surface area contributed by atoms with E-state index in [1.54, 1.807) is 23.5 Å². The van der Waals surface area contributed by atoms with Crippen LogP contribution in [0.15, 0.2) is 186 Å². The smallest absolute Gasteiger partial charge is 0.224 e. The number of thioether (sulfide) groups is 2. The molecule has 7 aromatic carbocycles. The molecular formula is C64H57ClN6O2S2.